The molecule has 0 saturated carbocycles. The van der Waals surface area contributed by atoms with Gasteiger partial charge in [-0.25, -0.2) is 0 Å². The lowest BCUT2D eigenvalue weighted by Crippen LogP contribution is -2.54. The molecule has 2 heterocycles. The molecule has 0 radical (unpaired) electrons. The Morgan fingerprint density at radius 2 is 1.61 bits per heavy atom. The van der Waals surface area contributed by atoms with E-state index < -0.39 is 23.2 Å². The summed E-state index contributed by atoms with van der Waals surface area (Å²) in [5.74, 6) is -1.42. The molecule has 0 spiro atoms. The molecule has 9 nitrogen and oxygen atoms in total. The number of rotatable bonds is 7. The Kier molecular flexibility index (Phi) is 9.49. The lowest BCUT2D eigenvalue weighted by Gasteiger charge is -2.42. The highest BCUT2D eigenvalue weighted by molar-refractivity contribution is 6.27. The summed E-state index contributed by atoms with van der Waals surface area (Å²) < 4.78 is 5.45. The van der Waals surface area contributed by atoms with E-state index in [0.717, 1.165) is 27.7 Å². The van der Waals surface area contributed by atoms with Crippen molar-refractivity contribution in [2.75, 3.05) is 26.5 Å². The van der Waals surface area contributed by atoms with Gasteiger partial charge < -0.3 is 24.4 Å². The number of alkyl halides is 1. The number of benzene rings is 2. The smallest absolute Gasteiger partial charge is 0.308 e. The minimum absolute atomic E-state index is 0.0698. The van der Waals surface area contributed by atoms with Crippen LogP contribution >= 0.6 is 11.6 Å². The summed E-state index contributed by atoms with van der Waals surface area (Å²) >= 11 is 6.12. The fourth-order valence-corrected chi connectivity index (χ4v) is 5.94. The lowest BCUT2D eigenvalue weighted by molar-refractivity contribution is -0.155. The maximum absolute atomic E-state index is 13.8. The maximum atomic E-state index is 13.8. The molecule has 10 heteroatoms. The number of halogens is 1. The van der Waals surface area contributed by atoms with Crippen molar-refractivity contribution in [2.24, 2.45) is 0 Å². The second-order valence-corrected chi connectivity index (χ2v) is 13.7. The van der Waals surface area contributed by atoms with Gasteiger partial charge in [0.2, 0.25) is 11.8 Å². The number of esters is 1. The van der Waals surface area contributed by atoms with E-state index in [1.807, 2.05) is 77.9 Å². The Balaban J connectivity index is 1.73. The molecule has 0 saturated heterocycles. The second kappa shape index (κ2) is 12.6. The summed E-state index contributed by atoms with van der Waals surface area (Å²) in [5, 5.41) is 1.000. The van der Waals surface area contributed by atoms with Crippen molar-refractivity contribution < 1.29 is 23.9 Å². The number of amides is 3. The number of aromatic nitrogens is 1. The van der Waals surface area contributed by atoms with Gasteiger partial charge in [-0.15, -0.1) is 11.6 Å². The molecule has 3 aromatic rings. The third-order valence-electron chi connectivity index (χ3n) is 7.75. The van der Waals surface area contributed by atoms with Crippen LogP contribution in [0.5, 0.6) is 0 Å². The van der Waals surface area contributed by atoms with E-state index >= 15 is 0 Å². The minimum Gasteiger partial charge on any atom is -0.460 e. The molecule has 0 bridgehead atoms. The predicted octanol–water partition coefficient (Wildman–Crippen LogP) is 5.31. The standard InChI is InChI=1S/C34H43ClN4O5/c1-33(2,3)38(18-17-28(41)44-34(4,5)6)31(42)22-15-13-21(14-16-22)30-29-24(23-11-9-10-12-25(23)36-29)19-26(32(43)37(7)8)39(30)27(40)20-35/h9-16,26,30,36H,17-20H2,1-8H3/t26-,30+/m1/s1. The van der Waals surface area contributed by atoms with Crippen LogP contribution in [0.2, 0.25) is 0 Å². The van der Waals surface area contributed by atoms with E-state index in [9.17, 15) is 19.2 Å². The first-order valence-electron chi connectivity index (χ1n) is 14.8. The molecule has 1 N–H and O–H groups in total. The molecule has 0 fully saturated rings. The zero-order chi connectivity index (χ0) is 32.6. The van der Waals surface area contributed by atoms with Gasteiger partial charge in [0.1, 0.15) is 17.5 Å². The Labute approximate surface area is 264 Å². The second-order valence-electron chi connectivity index (χ2n) is 13.4. The van der Waals surface area contributed by atoms with Gasteiger partial charge in [-0.2, -0.15) is 0 Å². The van der Waals surface area contributed by atoms with E-state index in [0.29, 0.717) is 12.0 Å². The summed E-state index contributed by atoms with van der Waals surface area (Å²) in [6.45, 7) is 11.4. The predicted molar refractivity (Wildman–Crippen MR) is 172 cm³/mol. The number of ether oxygens (including phenoxy) is 1. The van der Waals surface area contributed by atoms with Crippen LogP contribution in [0.1, 0.15) is 81.2 Å². The number of nitrogens with one attached hydrogen (secondary N) is 1. The number of carbonyl (C=O) groups excluding carboxylic acids is 4. The van der Waals surface area contributed by atoms with Gasteiger partial charge in [0.15, 0.2) is 0 Å². The number of para-hydroxylation sites is 1. The molecular formula is C34H43ClN4O5. The van der Waals surface area contributed by atoms with Crippen LogP contribution in [-0.4, -0.2) is 87.1 Å². The number of hydrogen-bond donors (Lipinski definition) is 1. The highest BCUT2D eigenvalue weighted by Gasteiger charge is 2.43. The van der Waals surface area contributed by atoms with Gasteiger partial charge in [-0.3, -0.25) is 19.2 Å². The van der Waals surface area contributed by atoms with Crippen LogP contribution in [-0.2, 0) is 25.5 Å². The number of nitrogens with zero attached hydrogens (tertiary/aromatic N) is 3. The zero-order valence-corrected chi connectivity index (χ0v) is 27.6. The van der Waals surface area contributed by atoms with Crippen molar-refractivity contribution in [1.29, 1.82) is 0 Å². The van der Waals surface area contributed by atoms with Crippen LogP contribution in [0.4, 0.5) is 0 Å². The number of likely N-dealkylation sites (N-methyl/N-ethyl adjacent to an activating group) is 1. The summed E-state index contributed by atoms with van der Waals surface area (Å²) in [4.78, 5) is 61.3. The Morgan fingerprint density at radius 3 is 2.18 bits per heavy atom. The normalized spacial score (nSPS) is 16.8. The first-order chi connectivity index (χ1) is 20.5. The molecule has 44 heavy (non-hydrogen) atoms. The largest absolute Gasteiger partial charge is 0.460 e. The third kappa shape index (κ3) is 6.93. The van der Waals surface area contributed by atoms with Crippen LogP contribution in [0, 0.1) is 0 Å². The SMILES string of the molecule is CN(C)C(=O)[C@H]1Cc2c([nH]c3ccccc23)[C@H](c2ccc(C(=O)N(CCC(=O)OC(C)(C)C)C(C)(C)C)cc2)N1C(=O)CCl. The van der Waals surface area contributed by atoms with Gasteiger partial charge >= 0.3 is 5.97 Å². The first kappa shape index (κ1) is 33.1. The van der Waals surface area contributed by atoms with Crippen molar-refractivity contribution in [1.82, 2.24) is 19.7 Å². The number of aromatic amines is 1. The summed E-state index contributed by atoms with van der Waals surface area (Å²) in [5.41, 5.74) is 2.73. The third-order valence-corrected chi connectivity index (χ3v) is 7.98. The van der Waals surface area contributed by atoms with Gasteiger partial charge in [0, 0.05) is 54.8 Å². The molecule has 1 aliphatic rings. The molecule has 1 aliphatic heterocycles. The average Bonchev–Trinajstić information content (AvgIpc) is 3.32. The zero-order valence-electron chi connectivity index (χ0n) is 26.9. The highest BCUT2D eigenvalue weighted by atomic mass is 35.5. The fraction of sp³-hybridized carbons (Fsp3) is 0.471. The quantitative estimate of drug-likeness (QED) is 0.284. The summed E-state index contributed by atoms with van der Waals surface area (Å²) in [6, 6.07) is 13.6. The van der Waals surface area contributed by atoms with E-state index in [2.05, 4.69) is 4.98 Å². The van der Waals surface area contributed by atoms with Crippen molar-refractivity contribution in [2.45, 2.75) is 77.6 Å². The molecule has 236 valence electrons. The fourth-order valence-electron chi connectivity index (χ4n) is 5.80. The molecule has 0 aliphatic carbocycles. The number of H-pyrrole nitrogens is 1. The minimum atomic E-state index is -0.751. The van der Waals surface area contributed by atoms with Gasteiger partial charge in [0.25, 0.3) is 5.91 Å². The highest BCUT2D eigenvalue weighted by Crippen LogP contribution is 2.41. The molecule has 0 unspecified atom stereocenters. The van der Waals surface area contributed by atoms with Crippen LogP contribution in [0.3, 0.4) is 0 Å². The van der Waals surface area contributed by atoms with Crippen molar-refractivity contribution in [3.8, 4) is 0 Å². The Hall–Kier alpha value is -3.85. The lowest BCUT2D eigenvalue weighted by atomic mass is 9.87. The van der Waals surface area contributed by atoms with Crippen molar-refractivity contribution >= 4 is 46.2 Å². The van der Waals surface area contributed by atoms with E-state index in [1.54, 1.807) is 36.0 Å². The van der Waals surface area contributed by atoms with Crippen molar-refractivity contribution in [3.05, 3.63) is 70.9 Å². The molecule has 4 rings (SSSR count). The number of fused-ring (bicyclic) bond motifs is 3. The molecule has 3 amide bonds. The maximum Gasteiger partial charge on any atom is 0.308 e. The Morgan fingerprint density at radius 1 is 0.977 bits per heavy atom. The molecule has 1 aromatic heterocycles. The number of carbonyl (C=O) groups is 4. The van der Waals surface area contributed by atoms with Crippen LogP contribution < -0.4 is 0 Å². The number of hydrogen-bond acceptors (Lipinski definition) is 5. The molecule has 2 atom stereocenters. The first-order valence-corrected chi connectivity index (χ1v) is 15.4. The van der Waals surface area contributed by atoms with E-state index in [-0.39, 0.29) is 42.5 Å². The van der Waals surface area contributed by atoms with Crippen LogP contribution in [0.25, 0.3) is 10.9 Å². The molecular weight excluding hydrogens is 580 g/mol. The topological polar surface area (TPSA) is 103 Å². The molecule has 2 aromatic carbocycles. The van der Waals surface area contributed by atoms with Crippen LogP contribution in [0.15, 0.2) is 48.5 Å². The van der Waals surface area contributed by atoms with E-state index in [1.165, 1.54) is 4.90 Å². The van der Waals surface area contributed by atoms with Gasteiger partial charge in [-0.1, -0.05) is 30.3 Å². The average molecular weight is 623 g/mol. The van der Waals surface area contributed by atoms with E-state index in [4.69, 9.17) is 16.3 Å². The van der Waals surface area contributed by atoms with Gasteiger partial charge in [-0.05, 0) is 70.9 Å². The van der Waals surface area contributed by atoms with Gasteiger partial charge in [0.05, 0.1) is 12.5 Å². The Bertz CT molecular complexity index is 1550. The summed E-state index contributed by atoms with van der Waals surface area (Å²) in [6.07, 6.45) is 0.421. The monoisotopic (exact) mass is 622 g/mol. The van der Waals surface area contributed by atoms with Crippen molar-refractivity contribution in [3.63, 3.8) is 0 Å². The summed E-state index contributed by atoms with van der Waals surface area (Å²) in [7, 11) is 3.35.